The van der Waals surface area contributed by atoms with E-state index in [1.807, 2.05) is 13.0 Å². The van der Waals surface area contributed by atoms with Crippen LogP contribution in [-0.4, -0.2) is 4.98 Å². The monoisotopic (exact) mass is 270 g/mol. The number of hydrogen-bond donors (Lipinski definition) is 0. The van der Waals surface area contributed by atoms with E-state index in [-0.39, 0.29) is 10.7 Å². The lowest BCUT2D eigenvalue weighted by atomic mass is 10.1. The standard InChI is InChI=1S/C11H5Cl3N2/c1-5-8(12)3-2-6-9(13)7(4-15)11(14)16-10(5)6/h2-3H,1H3. The van der Waals surface area contributed by atoms with E-state index in [1.165, 1.54) is 0 Å². The van der Waals surface area contributed by atoms with Gasteiger partial charge in [-0.1, -0.05) is 34.8 Å². The molecule has 0 aliphatic heterocycles. The van der Waals surface area contributed by atoms with Crippen molar-refractivity contribution < 1.29 is 0 Å². The van der Waals surface area contributed by atoms with Crippen molar-refractivity contribution in [2.75, 3.05) is 0 Å². The van der Waals surface area contributed by atoms with E-state index in [0.717, 1.165) is 5.56 Å². The Morgan fingerprint density at radius 1 is 1.25 bits per heavy atom. The Morgan fingerprint density at radius 2 is 1.94 bits per heavy atom. The second-order valence-corrected chi connectivity index (χ2v) is 4.42. The quantitative estimate of drug-likeness (QED) is 0.667. The molecule has 2 nitrogen and oxygen atoms in total. The van der Waals surface area contributed by atoms with Gasteiger partial charge in [-0.15, -0.1) is 0 Å². The Labute approximate surface area is 107 Å². The van der Waals surface area contributed by atoms with Crippen LogP contribution in [0.3, 0.4) is 0 Å². The van der Waals surface area contributed by atoms with Gasteiger partial charge in [0, 0.05) is 10.4 Å². The van der Waals surface area contributed by atoms with Gasteiger partial charge in [-0.25, -0.2) is 4.98 Å². The Kier molecular flexibility index (Phi) is 2.94. The third-order valence-corrected chi connectivity index (χ3v) is 3.42. The Bertz CT molecular complexity index is 629. The summed E-state index contributed by atoms with van der Waals surface area (Å²) in [4.78, 5) is 4.14. The van der Waals surface area contributed by atoms with E-state index < -0.39 is 0 Å². The molecule has 0 N–H and O–H groups in total. The molecule has 0 saturated carbocycles. The molecule has 0 amide bonds. The molecule has 0 bridgehead atoms. The molecule has 1 aromatic heterocycles. The van der Waals surface area contributed by atoms with Gasteiger partial charge in [-0.2, -0.15) is 5.26 Å². The Balaban J connectivity index is 3.00. The van der Waals surface area contributed by atoms with Crippen LogP contribution in [0, 0.1) is 18.3 Å². The summed E-state index contributed by atoms with van der Waals surface area (Å²) in [7, 11) is 0. The van der Waals surface area contributed by atoms with Gasteiger partial charge in [0.15, 0.2) is 0 Å². The number of halogens is 3. The predicted molar refractivity (Wildman–Crippen MR) is 66.2 cm³/mol. The number of nitrogens with zero attached hydrogens (tertiary/aromatic N) is 2. The van der Waals surface area contributed by atoms with E-state index >= 15 is 0 Å². The lowest BCUT2D eigenvalue weighted by Crippen LogP contribution is -1.91. The van der Waals surface area contributed by atoms with Gasteiger partial charge in [0.25, 0.3) is 0 Å². The van der Waals surface area contributed by atoms with Gasteiger partial charge >= 0.3 is 0 Å². The number of aromatic nitrogens is 1. The van der Waals surface area contributed by atoms with Gasteiger partial charge in [-0.05, 0) is 24.6 Å². The molecule has 0 saturated heterocycles. The largest absolute Gasteiger partial charge is 0.234 e. The zero-order valence-electron chi connectivity index (χ0n) is 8.18. The van der Waals surface area contributed by atoms with Crippen LogP contribution in [0.1, 0.15) is 11.1 Å². The minimum Gasteiger partial charge on any atom is -0.234 e. The Morgan fingerprint density at radius 3 is 2.56 bits per heavy atom. The van der Waals surface area contributed by atoms with Crippen molar-refractivity contribution in [2.45, 2.75) is 6.92 Å². The van der Waals surface area contributed by atoms with Crippen LogP contribution >= 0.6 is 34.8 Å². The third-order valence-electron chi connectivity index (χ3n) is 2.35. The highest BCUT2D eigenvalue weighted by Gasteiger charge is 2.14. The van der Waals surface area contributed by atoms with Crippen LogP contribution in [0.4, 0.5) is 0 Å². The molecule has 80 valence electrons. The van der Waals surface area contributed by atoms with E-state index in [0.29, 0.717) is 20.9 Å². The second kappa shape index (κ2) is 4.10. The predicted octanol–water partition coefficient (Wildman–Crippen LogP) is 4.38. The van der Waals surface area contributed by atoms with Crippen molar-refractivity contribution in [2.24, 2.45) is 0 Å². The van der Waals surface area contributed by atoms with Crippen molar-refractivity contribution in [3.8, 4) is 6.07 Å². The van der Waals surface area contributed by atoms with Gasteiger partial charge in [0.2, 0.25) is 0 Å². The fraction of sp³-hybridized carbons (Fsp3) is 0.0909. The molecule has 0 atom stereocenters. The van der Waals surface area contributed by atoms with Crippen LogP contribution in [0.5, 0.6) is 0 Å². The maximum atomic E-state index is 8.90. The molecular weight excluding hydrogens is 266 g/mol. The molecule has 0 radical (unpaired) electrons. The highest BCUT2D eigenvalue weighted by Crippen LogP contribution is 2.33. The van der Waals surface area contributed by atoms with Crippen LogP contribution in [0.25, 0.3) is 10.9 Å². The van der Waals surface area contributed by atoms with E-state index in [4.69, 9.17) is 40.1 Å². The van der Waals surface area contributed by atoms with E-state index in [2.05, 4.69) is 4.98 Å². The smallest absolute Gasteiger partial charge is 0.149 e. The average Bonchev–Trinajstić information content (AvgIpc) is 2.25. The number of hydrogen-bond acceptors (Lipinski definition) is 2. The number of aryl methyl sites for hydroxylation is 1. The summed E-state index contributed by atoms with van der Waals surface area (Å²) in [5.41, 5.74) is 1.62. The first-order valence-electron chi connectivity index (χ1n) is 4.40. The van der Waals surface area contributed by atoms with Crippen molar-refractivity contribution in [3.05, 3.63) is 38.5 Å². The number of fused-ring (bicyclic) bond motifs is 1. The summed E-state index contributed by atoms with van der Waals surface area (Å²) in [6, 6.07) is 5.39. The zero-order valence-corrected chi connectivity index (χ0v) is 10.5. The first-order chi connectivity index (χ1) is 7.56. The highest BCUT2D eigenvalue weighted by atomic mass is 35.5. The number of nitriles is 1. The normalized spacial score (nSPS) is 10.4. The first-order valence-corrected chi connectivity index (χ1v) is 5.53. The minimum absolute atomic E-state index is 0.102. The average molecular weight is 272 g/mol. The number of benzene rings is 1. The lowest BCUT2D eigenvalue weighted by Gasteiger charge is -2.07. The van der Waals surface area contributed by atoms with Crippen molar-refractivity contribution in [1.29, 1.82) is 5.26 Å². The van der Waals surface area contributed by atoms with Gasteiger partial charge in [0.1, 0.15) is 16.8 Å². The maximum Gasteiger partial charge on any atom is 0.149 e. The van der Waals surface area contributed by atoms with Crippen LogP contribution in [0.2, 0.25) is 15.2 Å². The molecule has 2 aromatic rings. The molecule has 2 rings (SSSR count). The molecular formula is C11H5Cl3N2. The molecule has 16 heavy (non-hydrogen) atoms. The summed E-state index contributed by atoms with van der Waals surface area (Å²) < 4.78 is 0. The molecule has 1 aromatic carbocycles. The minimum atomic E-state index is 0.102. The summed E-state index contributed by atoms with van der Waals surface area (Å²) in [6.07, 6.45) is 0. The molecule has 5 heteroatoms. The van der Waals surface area contributed by atoms with Crippen LogP contribution in [0.15, 0.2) is 12.1 Å². The van der Waals surface area contributed by atoms with Crippen molar-refractivity contribution in [1.82, 2.24) is 4.98 Å². The summed E-state index contributed by atoms with van der Waals surface area (Å²) >= 11 is 17.9. The summed E-state index contributed by atoms with van der Waals surface area (Å²) in [5, 5.41) is 10.6. The van der Waals surface area contributed by atoms with Gasteiger partial charge in [-0.3, -0.25) is 0 Å². The number of pyridine rings is 1. The highest BCUT2D eigenvalue weighted by molar-refractivity contribution is 6.40. The summed E-state index contributed by atoms with van der Waals surface area (Å²) in [5.74, 6) is 0. The van der Waals surface area contributed by atoms with E-state index in [1.54, 1.807) is 12.1 Å². The summed E-state index contributed by atoms with van der Waals surface area (Å²) in [6.45, 7) is 1.83. The van der Waals surface area contributed by atoms with Crippen LogP contribution < -0.4 is 0 Å². The van der Waals surface area contributed by atoms with E-state index in [9.17, 15) is 0 Å². The number of rotatable bonds is 0. The Hall–Kier alpha value is -1.01. The molecule has 0 spiro atoms. The zero-order chi connectivity index (χ0) is 11.9. The molecule has 0 unspecified atom stereocenters. The molecule has 0 aliphatic rings. The fourth-order valence-electron chi connectivity index (χ4n) is 1.47. The fourth-order valence-corrected chi connectivity index (χ4v) is 2.18. The van der Waals surface area contributed by atoms with Gasteiger partial charge in [0.05, 0.1) is 10.5 Å². The molecule has 1 heterocycles. The second-order valence-electron chi connectivity index (χ2n) is 3.27. The first kappa shape index (κ1) is 11.5. The topological polar surface area (TPSA) is 36.7 Å². The SMILES string of the molecule is Cc1c(Cl)ccc2c(Cl)c(C#N)c(Cl)nc12. The lowest BCUT2D eigenvalue weighted by molar-refractivity contribution is 1.34. The third kappa shape index (κ3) is 1.62. The van der Waals surface area contributed by atoms with Gasteiger partial charge < -0.3 is 0 Å². The van der Waals surface area contributed by atoms with Crippen LogP contribution in [-0.2, 0) is 0 Å². The van der Waals surface area contributed by atoms with Crippen molar-refractivity contribution >= 4 is 45.7 Å². The maximum absolute atomic E-state index is 8.90. The van der Waals surface area contributed by atoms with Crippen molar-refractivity contribution in [3.63, 3.8) is 0 Å². The molecule has 0 aliphatic carbocycles. The molecule has 0 fully saturated rings.